The number of benzene rings is 1. The van der Waals surface area contributed by atoms with Crippen molar-refractivity contribution in [1.82, 2.24) is 15.0 Å². The van der Waals surface area contributed by atoms with Gasteiger partial charge in [-0.1, -0.05) is 6.07 Å². The molecule has 0 aliphatic rings. The first-order valence-electron chi connectivity index (χ1n) is 6.80. The Kier molecular flexibility index (Phi) is 3.59. The van der Waals surface area contributed by atoms with E-state index in [9.17, 15) is 4.21 Å². The van der Waals surface area contributed by atoms with Crippen LogP contribution in [0.1, 0.15) is 22.4 Å². The fraction of sp³-hybridized carbons (Fsp3) is 0.250. The van der Waals surface area contributed by atoms with Gasteiger partial charge in [0.05, 0.1) is 33.3 Å². The third-order valence-electron chi connectivity index (χ3n) is 3.68. The van der Waals surface area contributed by atoms with E-state index in [1.54, 1.807) is 6.20 Å². The van der Waals surface area contributed by atoms with E-state index >= 15 is 0 Å². The fourth-order valence-corrected chi connectivity index (χ4v) is 3.33. The number of nitrogens with one attached hydrogen (secondary N) is 1. The maximum Gasteiger partial charge on any atom is 0.197 e. The van der Waals surface area contributed by atoms with Crippen molar-refractivity contribution in [2.45, 2.75) is 31.7 Å². The van der Waals surface area contributed by atoms with Crippen molar-refractivity contribution < 1.29 is 4.21 Å². The Bertz CT molecular complexity index is 839. The van der Waals surface area contributed by atoms with Crippen LogP contribution in [0.5, 0.6) is 0 Å². The van der Waals surface area contributed by atoms with Crippen LogP contribution in [0.15, 0.2) is 35.6 Å². The third-order valence-corrected chi connectivity index (χ3v) is 4.84. The molecular formula is C16H17N3OS. The molecule has 0 spiro atoms. The van der Waals surface area contributed by atoms with Crippen molar-refractivity contribution in [1.29, 1.82) is 0 Å². The van der Waals surface area contributed by atoms with Gasteiger partial charge in [0, 0.05) is 6.20 Å². The number of aryl methyl sites for hydroxylation is 2. The molecule has 0 aliphatic carbocycles. The topological polar surface area (TPSA) is 58.6 Å². The van der Waals surface area contributed by atoms with E-state index in [1.807, 2.05) is 45.0 Å². The Balaban J connectivity index is 1.91. The minimum absolute atomic E-state index is 0.381. The molecule has 21 heavy (non-hydrogen) atoms. The molecule has 0 radical (unpaired) electrons. The summed E-state index contributed by atoms with van der Waals surface area (Å²) in [6.45, 7) is 6.07. The van der Waals surface area contributed by atoms with Crippen LogP contribution in [-0.2, 0) is 16.6 Å². The minimum Gasteiger partial charge on any atom is -0.331 e. The van der Waals surface area contributed by atoms with Gasteiger partial charge < -0.3 is 4.98 Å². The largest absolute Gasteiger partial charge is 0.331 e. The smallest absolute Gasteiger partial charge is 0.197 e. The lowest BCUT2D eigenvalue weighted by molar-refractivity contribution is 0.676. The molecule has 108 valence electrons. The molecule has 1 unspecified atom stereocenters. The number of rotatable bonds is 3. The van der Waals surface area contributed by atoms with Crippen molar-refractivity contribution in [2.24, 2.45) is 0 Å². The third kappa shape index (κ3) is 2.74. The molecule has 1 N–H and O–H groups in total. The molecule has 0 fully saturated rings. The second-order valence-electron chi connectivity index (χ2n) is 5.25. The van der Waals surface area contributed by atoms with E-state index in [4.69, 9.17) is 0 Å². The van der Waals surface area contributed by atoms with E-state index < -0.39 is 10.8 Å². The molecule has 0 saturated heterocycles. The van der Waals surface area contributed by atoms with Gasteiger partial charge in [-0.05, 0) is 55.7 Å². The summed E-state index contributed by atoms with van der Waals surface area (Å²) in [4.78, 5) is 11.9. The quantitative estimate of drug-likeness (QED) is 0.808. The zero-order valence-corrected chi connectivity index (χ0v) is 13.1. The molecule has 0 aliphatic heterocycles. The number of fused-ring (bicyclic) bond motifs is 1. The van der Waals surface area contributed by atoms with Crippen LogP contribution in [0.25, 0.3) is 11.0 Å². The molecule has 1 atom stereocenters. The Morgan fingerprint density at radius 1 is 1.19 bits per heavy atom. The average molecular weight is 299 g/mol. The Morgan fingerprint density at radius 2 is 2.00 bits per heavy atom. The van der Waals surface area contributed by atoms with Crippen LogP contribution in [0.4, 0.5) is 0 Å². The number of nitrogens with zero attached hydrogens (tertiary/aromatic N) is 2. The SMILES string of the molecule is Cc1ccc2nc(S(=O)Cc3nccc(C)c3C)[nH]c2c1. The lowest BCUT2D eigenvalue weighted by Crippen LogP contribution is -2.03. The van der Waals surface area contributed by atoms with E-state index in [-0.39, 0.29) is 0 Å². The number of aromatic nitrogens is 3. The first-order valence-corrected chi connectivity index (χ1v) is 8.12. The van der Waals surface area contributed by atoms with Crippen molar-refractivity contribution in [3.63, 3.8) is 0 Å². The number of imidazole rings is 1. The van der Waals surface area contributed by atoms with Crippen LogP contribution in [0, 0.1) is 20.8 Å². The van der Waals surface area contributed by atoms with Gasteiger partial charge >= 0.3 is 0 Å². The number of aromatic amines is 1. The molecule has 2 heterocycles. The molecule has 5 heteroatoms. The fourth-order valence-electron chi connectivity index (χ4n) is 2.23. The summed E-state index contributed by atoms with van der Waals surface area (Å²) in [5.74, 6) is 0.381. The van der Waals surface area contributed by atoms with E-state index in [2.05, 4.69) is 15.0 Å². The van der Waals surface area contributed by atoms with Crippen molar-refractivity contribution in [3.05, 3.63) is 52.8 Å². The van der Waals surface area contributed by atoms with Gasteiger partial charge in [0.2, 0.25) is 0 Å². The maximum absolute atomic E-state index is 12.5. The molecule has 2 aromatic heterocycles. The van der Waals surface area contributed by atoms with Gasteiger partial charge in [0.25, 0.3) is 0 Å². The summed E-state index contributed by atoms with van der Waals surface area (Å²) >= 11 is 0. The van der Waals surface area contributed by atoms with Gasteiger partial charge in [0.1, 0.15) is 0 Å². The molecule has 3 rings (SSSR count). The standard InChI is InChI=1S/C16H17N3OS/c1-10-4-5-13-14(8-10)19-16(18-13)21(20)9-15-12(3)11(2)6-7-17-15/h4-8H,9H2,1-3H3,(H,18,19). The molecule has 0 bridgehead atoms. The monoisotopic (exact) mass is 299 g/mol. The highest BCUT2D eigenvalue weighted by molar-refractivity contribution is 7.84. The zero-order chi connectivity index (χ0) is 15.0. The van der Waals surface area contributed by atoms with Gasteiger partial charge in [-0.25, -0.2) is 4.98 Å². The summed E-state index contributed by atoms with van der Waals surface area (Å²) in [7, 11) is -1.22. The molecule has 0 saturated carbocycles. The van der Waals surface area contributed by atoms with Crippen molar-refractivity contribution in [3.8, 4) is 0 Å². The Labute approximate surface area is 126 Å². The highest BCUT2D eigenvalue weighted by atomic mass is 32.2. The summed E-state index contributed by atoms with van der Waals surface area (Å²) in [5, 5.41) is 0.512. The van der Waals surface area contributed by atoms with Crippen LogP contribution in [0.3, 0.4) is 0 Å². The van der Waals surface area contributed by atoms with Gasteiger partial charge in [-0.15, -0.1) is 0 Å². The van der Waals surface area contributed by atoms with Crippen molar-refractivity contribution in [2.75, 3.05) is 0 Å². The van der Waals surface area contributed by atoms with E-state index in [0.29, 0.717) is 10.9 Å². The second-order valence-corrected chi connectivity index (χ2v) is 6.62. The number of H-pyrrole nitrogens is 1. The molecular weight excluding hydrogens is 282 g/mol. The summed E-state index contributed by atoms with van der Waals surface area (Å²) in [6.07, 6.45) is 1.76. The lowest BCUT2D eigenvalue weighted by atomic mass is 10.1. The highest BCUT2D eigenvalue weighted by Gasteiger charge is 2.13. The lowest BCUT2D eigenvalue weighted by Gasteiger charge is -2.05. The predicted octanol–water partition coefficient (Wildman–Crippen LogP) is 3.19. The van der Waals surface area contributed by atoms with Crippen LogP contribution in [-0.4, -0.2) is 19.2 Å². The molecule has 0 amide bonds. The molecule has 1 aromatic carbocycles. The zero-order valence-electron chi connectivity index (χ0n) is 12.3. The summed E-state index contributed by atoms with van der Waals surface area (Å²) in [5.41, 5.74) is 6.05. The Hall–Kier alpha value is -2.01. The van der Waals surface area contributed by atoms with E-state index in [0.717, 1.165) is 33.4 Å². The number of hydrogen-bond acceptors (Lipinski definition) is 3. The van der Waals surface area contributed by atoms with Crippen LogP contribution < -0.4 is 0 Å². The van der Waals surface area contributed by atoms with Crippen molar-refractivity contribution >= 4 is 21.8 Å². The number of pyridine rings is 1. The summed E-state index contributed by atoms with van der Waals surface area (Å²) in [6, 6.07) is 7.92. The van der Waals surface area contributed by atoms with Gasteiger partial charge in [-0.2, -0.15) is 0 Å². The summed E-state index contributed by atoms with van der Waals surface area (Å²) < 4.78 is 12.5. The van der Waals surface area contributed by atoms with E-state index in [1.165, 1.54) is 0 Å². The second kappa shape index (κ2) is 5.41. The highest BCUT2D eigenvalue weighted by Crippen LogP contribution is 2.18. The normalized spacial score (nSPS) is 12.7. The molecule has 4 nitrogen and oxygen atoms in total. The van der Waals surface area contributed by atoms with Crippen LogP contribution in [0.2, 0.25) is 0 Å². The van der Waals surface area contributed by atoms with Gasteiger partial charge in [0.15, 0.2) is 5.16 Å². The van der Waals surface area contributed by atoms with Gasteiger partial charge in [-0.3, -0.25) is 9.19 Å². The Morgan fingerprint density at radius 3 is 2.81 bits per heavy atom. The first kappa shape index (κ1) is 13.9. The average Bonchev–Trinajstić information content (AvgIpc) is 2.87. The van der Waals surface area contributed by atoms with Crippen LogP contribution >= 0.6 is 0 Å². The molecule has 3 aromatic rings. The number of hydrogen-bond donors (Lipinski definition) is 1. The predicted molar refractivity (Wildman–Crippen MR) is 84.7 cm³/mol. The first-order chi connectivity index (χ1) is 10.0. The minimum atomic E-state index is -1.22. The maximum atomic E-state index is 12.5.